The highest BCUT2D eigenvalue weighted by Gasteiger charge is 2.03. The van der Waals surface area contributed by atoms with Crippen molar-refractivity contribution in [3.63, 3.8) is 0 Å². The van der Waals surface area contributed by atoms with Gasteiger partial charge in [0.2, 0.25) is 0 Å². The molecule has 8 nitrogen and oxygen atoms in total. The second-order valence-electron chi connectivity index (χ2n) is 4.38. The van der Waals surface area contributed by atoms with Crippen LogP contribution < -0.4 is 5.32 Å². The van der Waals surface area contributed by atoms with Gasteiger partial charge in [-0.2, -0.15) is 10.2 Å². The molecule has 0 heterocycles. The van der Waals surface area contributed by atoms with Gasteiger partial charge < -0.3 is 15.5 Å². The molecule has 3 N–H and O–H groups in total. The fraction of sp³-hybridized carbons (Fsp3) is 0.143. The fourth-order valence-electron chi connectivity index (χ4n) is 1.61. The van der Waals surface area contributed by atoms with Gasteiger partial charge in [-0.05, 0) is 36.4 Å². The van der Waals surface area contributed by atoms with E-state index in [1.165, 1.54) is 24.3 Å². The Morgan fingerprint density at radius 3 is 1.95 bits per heavy atom. The second-order valence-corrected chi connectivity index (χ2v) is 4.38. The topological polar surface area (TPSA) is 120 Å². The van der Waals surface area contributed by atoms with Crippen LogP contribution >= 0.6 is 0 Å². The number of benzene rings is 2. The first-order chi connectivity index (χ1) is 10.5. The van der Waals surface area contributed by atoms with E-state index in [0.29, 0.717) is 11.4 Å². The Balaban J connectivity index is 1.99. The molecule has 0 fully saturated rings. The van der Waals surface area contributed by atoms with Crippen molar-refractivity contribution in [3.8, 4) is 0 Å². The molecule has 0 aliphatic rings. The van der Waals surface area contributed by atoms with E-state index in [4.69, 9.17) is 10.2 Å². The Morgan fingerprint density at radius 1 is 1.00 bits per heavy atom. The van der Waals surface area contributed by atoms with Crippen molar-refractivity contribution in [1.29, 1.82) is 0 Å². The van der Waals surface area contributed by atoms with Gasteiger partial charge in [0, 0.05) is 17.8 Å². The lowest BCUT2D eigenvalue weighted by molar-refractivity contribution is -0.384. The van der Waals surface area contributed by atoms with Crippen LogP contribution in [0.15, 0.2) is 58.8 Å². The number of aliphatic hydroxyl groups excluding tert-OH is 1. The van der Waals surface area contributed by atoms with Crippen LogP contribution in [0, 0.1) is 10.1 Å². The Kier molecular flexibility index (Phi) is 5.12. The van der Waals surface area contributed by atoms with Crippen LogP contribution in [0.5, 0.6) is 0 Å². The van der Waals surface area contributed by atoms with Crippen LogP contribution in [-0.4, -0.2) is 28.0 Å². The van der Waals surface area contributed by atoms with Crippen molar-refractivity contribution in [3.05, 3.63) is 58.6 Å². The third kappa shape index (κ3) is 4.62. The molecular weight excluding hydrogens is 288 g/mol. The summed E-state index contributed by atoms with van der Waals surface area (Å²) in [7, 11) is 0. The number of hydrogen-bond acceptors (Lipinski definition) is 7. The largest absolute Gasteiger partial charge is 0.380 e. The van der Waals surface area contributed by atoms with Gasteiger partial charge in [0.1, 0.15) is 0 Å². The molecule has 22 heavy (non-hydrogen) atoms. The van der Waals surface area contributed by atoms with Crippen molar-refractivity contribution in [2.45, 2.75) is 6.29 Å². The Hall–Kier alpha value is -2.84. The van der Waals surface area contributed by atoms with E-state index in [1.54, 1.807) is 24.3 Å². The van der Waals surface area contributed by atoms with Gasteiger partial charge in [0.15, 0.2) is 6.29 Å². The number of hydrogen-bond donors (Lipinski definition) is 3. The minimum Gasteiger partial charge on any atom is -0.380 e. The smallest absolute Gasteiger partial charge is 0.269 e. The molecule has 0 bridgehead atoms. The summed E-state index contributed by atoms with van der Waals surface area (Å²) >= 11 is 0. The van der Waals surface area contributed by atoms with Gasteiger partial charge in [-0.15, -0.1) is 0 Å². The van der Waals surface area contributed by atoms with E-state index in [9.17, 15) is 10.1 Å². The van der Waals surface area contributed by atoms with Crippen molar-refractivity contribution >= 4 is 22.7 Å². The minimum absolute atomic E-state index is 0.000415. The van der Waals surface area contributed by atoms with Gasteiger partial charge in [-0.25, -0.2) is 0 Å². The lowest BCUT2D eigenvalue weighted by Gasteiger charge is -2.07. The zero-order valence-electron chi connectivity index (χ0n) is 11.5. The zero-order valence-corrected chi connectivity index (χ0v) is 11.5. The van der Waals surface area contributed by atoms with Crippen LogP contribution in [0.4, 0.5) is 22.7 Å². The molecule has 2 aromatic rings. The van der Waals surface area contributed by atoms with Crippen LogP contribution in [0.1, 0.15) is 0 Å². The number of nitro benzene ring substituents is 1. The number of anilines is 1. The molecule has 0 radical (unpaired) electrons. The molecule has 0 aliphatic carbocycles. The Labute approximate surface area is 125 Å². The normalized spacial score (nSPS) is 11.0. The maximum atomic E-state index is 10.5. The van der Waals surface area contributed by atoms with Crippen LogP contribution in [0.3, 0.4) is 0 Å². The lowest BCUT2D eigenvalue weighted by Crippen LogP contribution is -2.17. The summed E-state index contributed by atoms with van der Waals surface area (Å²) in [6, 6.07) is 12.6. The standard InChI is InChI=1S/C14H14N4O4/c19-14(20)9-15-10-1-3-11(4-2-10)16-17-12-5-7-13(8-6-12)18(21)22/h1-8,14-15,19-20H,9H2/b17-16+. The third-order valence-electron chi connectivity index (χ3n) is 2.70. The highest BCUT2D eigenvalue weighted by molar-refractivity contribution is 5.51. The van der Waals surface area contributed by atoms with E-state index in [2.05, 4.69) is 15.5 Å². The van der Waals surface area contributed by atoms with Gasteiger partial charge in [0.05, 0.1) is 22.8 Å². The van der Waals surface area contributed by atoms with Crippen molar-refractivity contribution in [1.82, 2.24) is 0 Å². The summed E-state index contributed by atoms with van der Waals surface area (Å²) in [6.45, 7) is 0.0314. The van der Waals surface area contributed by atoms with Gasteiger partial charge in [0.25, 0.3) is 5.69 Å². The van der Waals surface area contributed by atoms with Crippen molar-refractivity contribution in [2.75, 3.05) is 11.9 Å². The van der Waals surface area contributed by atoms with E-state index in [-0.39, 0.29) is 12.2 Å². The quantitative estimate of drug-likeness (QED) is 0.328. The summed E-state index contributed by atoms with van der Waals surface area (Å²) in [5.41, 5.74) is 1.84. The average molecular weight is 302 g/mol. The number of non-ortho nitro benzene ring substituents is 1. The maximum absolute atomic E-state index is 10.5. The van der Waals surface area contributed by atoms with Crippen molar-refractivity contribution < 1.29 is 15.1 Å². The molecule has 0 amide bonds. The SMILES string of the molecule is O=[N+]([O-])c1ccc(/N=N/c2ccc(NCC(O)O)cc2)cc1. The first-order valence-corrected chi connectivity index (χ1v) is 6.41. The van der Waals surface area contributed by atoms with Gasteiger partial charge in [-0.1, -0.05) is 0 Å². The second kappa shape index (κ2) is 7.25. The highest BCUT2D eigenvalue weighted by Crippen LogP contribution is 2.22. The molecule has 0 aliphatic heterocycles. The molecule has 2 rings (SSSR count). The van der Waals surface area contributed by atoms with Crippen molar-refractivity contribution in [2.24, 2.45) is 10.2 Å². The predicted octanol–water partition coefficient (Wildman–Crippen LogP) is 2.73. The highest BCUT2D eigenvalue weighted by atomic mass is 16.6. The van der Waals surface area contributed by atoms with E-state index >= 15 is 0 Å². The number of rotatable bonds is 6. The maximum Gasteiger partial charge on any atom is 0.269 e. The molecule has 0 saturated heterocycles. The fourth-order valence-corrected chi connectivity index (χ4v) is 1.61. The zero-order chi connectivity index (χ0) is 15.9. The summed E-state index contributed by atoms with van der Waals surface area (Å²) in [4.78, 5) is 10.1. The number of nitro groups is 1. The molecule has 0 spiro atoms. The third-order valence-corrected chi connectivity index (χ3v) is 2.70. The predicted molar refractivity (Wildman–Crippen MR) is 80.4 cm³/mol. The summed E-state index contributed by atoms with van der Waals surface area (Å²) in [5, 5.41) is 38.9. The Morgan fingerprint density at radius 2 is 1.50 bits per heavy atom. The molecular formula is C14H14N4O4. The summed E-state index contributed by atoms with van der Waals surface area (Å²) in [5.74, 6) is 0. The number of azo groups is 1. The van der Waals surface area contributed by atoms with E-state index in [1.807, 2.05) is 0 Å². The molecule has 0 saturated carbocycles. The summed E-state index contributed by atoms with van der Waals surface area (Å²) < 4.78 is 0. The molecule has 0 unspecified atom stereocenters. The van der Waals surface area contributed by atoms with Gasteiger partial charge in [-0.3, -0.25) is 10.1 Å². The molecule has 0 aromatic heterocycles. The van der Waals surface area contributed by atoms with Gasteiger partial charge >= 0.3 is 0 Å². The lowest BCUT2D eigenvalue weighted by atomic mass is 10.3. The number of aliphatic hydroxyl groups is 2. The van der Waals surface area contributed by atoms with Crippen LogP contribution in [0.2, 0.25) is 0 Å². The monoisotopic (exact) mass is 302 g/mol. The first-order valence-electron chi connectivity index (χ1n) is 6.41. The Bertz CT molecular complexity index is 654. The molecule has 114 valence electrons. The minimum atomic E-state index is -1.42. The number of nitrogens with zero attached hydrogens (tertiary/aromatic N) is 3. The summed E-state index contributed by atoms with van der Waals surface area (Å²) in [6.07, 6.45) is -1.42. The van der Waals surface area contributed by atoms with E-state index in [0.717, 1.165) is 5.69 Å². The van der Waals surface area contributed by atoms with E-state index < -0.39 is 11.2 Å². The molecule has 8 heteroatoms. The first kappa shape index (κ1) is 15.5. The molecule has 0 atom stereocenters. The number of nitrogens with one attached hydrogen (secondary N) is 1. The average Bonchev–Trinajstić information content (AvgIpc) is 2.52. The molecule has 2 aromatic carbocycles. The van der Waals surface area contributed by atoms with Crippen LogP contribution in [0.25, 0.3) is 0 Å². The van der Waals surface area contributed by atoms with Crippen LogP contribution in [-0.2, 0) is 0 Å².